The molecule has 0 atom stereocenters. The van der Waals surface area contributed by atoms with E-state index >= 15 is 0 Å². The second kappa shape index (κ2) is 5.90. The van der Waals surface area contributed by atoms with E-state index in [0.717, 1.165) is 5.39 Å². The van der Waals surface area contributed by atoms with Crippen molar-refractivity contribution in [3.05, 3.63) is 76.2 Å². The molecular formula is C18H11FN2O2S. The highest BCUT2D eigenvalue weighted by molar-refractivity contribution is 7.14. The van der Waals surface area contributed by atoms with Crippen LogP contribution in [0.5, 0.6) is 0 Å². The van der Waals surface area contributed by atoms with Gasteiger partial charge in [0.25, 0.3) is 0 Å². The highest BCUT2D eigenvalue weighted by Gasteiger charge is 2.12. The van der Waals surface area contributed by atoms with E-state index in [1.54, 1.807) is 35.7 Å². The number of nitrogens with one attached hydrogen (secondary N) is 1. The summed E-state index contributed by atoms with van der Waals surface area (Å²) in [4.78, 5) is 16.5. The fourth-order valence-corrected chi connectivity index (χ4v) is 3.10. The smallest absolute Gasteiger partial charge is 0.345 e. The summed E-state index contributed by atoms with van der Waals surface area (Å²) in [6, 6.07) is 15.4. The molecule has 2 aromatic carbocycles. The summed E-state index contributed by atoms with van der Waals surface area (Å²) in [7, 11) is 0. The Bertz CT molecular complexity index is 1090. The van der Waals surface area contributed by atoms with Gasteiger partial charge in [0.1, 0.15) is 11.4 Å². The summed E-state index contributed by atoms with van der Waals surface area (Å²) in [6.07, 6.45) is 0. The van der Waals surface area contributed by atoms with Crippen LogP contribution in [0.2, 0.25) is 0 Å². The first-order valence-corrected chi connectivity index (χ1v) is 8.09. The van der Waals surface area contributed by atoms with E-state index in [4.69, 9.17) is 4.42 Å². The van der Waals surface area contributed by atoms with Crippen molar-refractivity contribution < 1.29 is 8.81 Å². The Morgan fingerprint density at radius 1 is 1.08 bits per heavy atom. The second-order valence-electron chi connectivity index (χ2n) is 5.13. The van der Waals surface area contributed by atoms with Gasteiger partial charge in [0.05, 0.1) is 16.9 Å². The van der Waals surface area contributed by atoms with Gasteiger partial charge in [0, 0.05) is 10.8 Å². The third-order valence-electron chi connectivity index (χ3n) is 3.54. The van der Waals surface area contributed by atoms with Gasteiger partial charge < -0.3 is 9.73 Å². The van der Waals surface area contributed by atoms with Gasteiger partial charge in [-0.1, -0.05) is 30.3 Å². The van der Waals surface area contributed by atoms with Crippen LogP contribution in [-0.4, -0.2) is 4.98 Å². The fraction of sp³-hybridized carbons (Fsp3) is 0. The van der Waals surface area contributed by atoms with Crippen molar-refractivity contribution in [2.45, 2.75) is 0 Å². The zero-order valence-corrected chi connectivity index (χ0v) is 13.1. The highest BCUT2D eigenvalue weighted by atomic mass is 32.1. The average molecular weight is 338 g/mol. The minimum absolute atomic E-state index is 0.337. The summed E-state index contributed by atoms with van der Waals surface area (Å²) >= 11 is 1.29. The van der Waals surface area contributed by atoms with Crippen molar-refractivity contribution in [1.82, 2.24) is 4.98 Å². The number of hydrogen-bond donors (Lipinski definition) is 1. The summed E-state index contributed by atoms with van der Waals surface area (Å²) in [6.45, 7) is 0. The van der Waals surface area contributed by atoms with Crippen molar-refractivity contribution in [3.63, 3.8) is 0 Å². The molecule has 0 aliphatic carbocycles. The lowest BCUT2D eigenvalue weighted by Crippen LogP contribution is -2.03. The number of fused-ring (bicyclic) bond motifs is 1. The number of aromatic nitrogens is 1. The SMILES string of the molecule is O=c1oc2ccccc2cc1-c1csc(Nc2ccccc2F)n1. The molecule has 0 saturated carbocycles. The molecule has 2 aromatic heterocycles. The zero-order chi connectivity index (χ0) is 16.5. The molecular weight excluding hydrogens is 327 g/mol. The van der Waals surface area contributed by atoms with Crippen molar-refractivity contribution in [3.8, 4) is 11.3 Å². The summed E-state index contributed by atoms with van der Waals surface area (Å²) in [5.74, 6) is -0.362. The molecule has 0 radical (unpaired) electrons. The normalized spacial score (nSPS) is 10.9. The summed E-state index contributed by atoms with van der Waals surface area (Å²) in [5, 5.41) is 5.98. The number of halogens is 1. The molecule has 24 heavy (non-hydrogen) atoms. The van der Waals surface area contributed by atoms with Crippen LogP contribution in [0.25, 0.3) is 22.2 Å². The van der Waals surface area contributed by atoms with Gasteiger partial charge in [-0.25, -0.2) is 14.2 Å². The van der Waals surface area contributed by atoms with Gasteiger partial charge in [0.2, 0.25) is 0 Å². The minimum atomic E-state index is -0.448. The molecule has 0 spiro atoms. The van der Waals surface area contributed by atoms with Crippen molar-refractivity contribution in [2.24, 2.45) is 0 Å². The zero-order valence-electron chi connectivity index (χ0n) is 12.3. The Morgan fingerprint density at radius 2 is 1.88 bits per heavy atom. The van der Waals surface area contributed by atoms with Crippen LogP contribution in [0.15, 0.2) is 69.2 Å². The standard InChI is InChI=1S/C18H11FN2O2S/c19-13-6-2-3-7-14(13)20-18-21-15(10-24-18)12-9-11-5-1-4-8-16(11)23-17(12)22/h1-10H,(H,20,21). The van der Waals surface area contributed by atoms with Crippen LogP contribution in [0.4, 0.5) is 15.2 Å². The van der Waals surface area contributed by atoms with Gasteiger partial charge in [-0.3, -0.25) is 0 Å². The fourth-order valence-electron chi connectivity index (χ4n) is 2.37. The second-order valence-corrected chi connectivity index (χ2v) is 5.99. The van der Waals surface area contributed by atoms with E-state index in [9.17, 15) is 9.18 Å². The van der Waals surface area contributed by atoms with Gasteiger partial charge in [-0.2, -0.15) is 0 Å². The quantitative estimate of drug-likeness (QED) is 0.545. The number of para-hydroxylation sites is 2. The van der Waals surface area contributed by atoms with Crippen LogP contribution in [-0.2, 0) is 0 Å². The lowest BCUT2D eigenvalue weighted by molar-refractivity contribution is 0.563. The molecule has 4 nitrogen and oxygen atoms in total. The molecule has 0 amide bonds. The average Bonchev–Trinajstić information content (AvgIpc) is 3.04. The topological polar surface area (TPSA) is 55.1 Å². The van der Waals surface area contributed by atoms with E-state index in [2.05, 4.69) is 10.3 Å². The molecule has 0 fully saturated rings. The maximum absolute atomic E-state index is 13.7. The largest absolute Gasteiger partial charge is 0.422 e. The molecule has 4 rings (SSSR count). The number of nitrogens with zero attached hydrogens (tertiary/aromatic N) is 1. The predicted molar refractivity (Wildman–Crippen MR) is 93.3 cm³/mol. The molecule has 4 aromatic rings. The number of benzene rings is 2. The van der Waals surface area contributed by atoms with E-state index in [1.807, 2.05) is 18.2 Å². The van der Waals surface area contributed by atoms with Gasteiger partial charge in [-0.05, 0) is 24.3 Å². The molecule has 2 heterocycles. The predicted octanol–water partition coefficient (Wildman–Crippen LogP) is 4.80. The lowest BCUT2D eigenvalue weighted by atomic mass is 10.1. The first-order chi connectivity index (χ1) is 11.7. The first-order valence-electron chi connectivity index (χ1n) is 7.21. The van der Waals surface area contributed by atoms with Crippen LogP contribution < -0.4 is 10.9 Å². The van der Waals surface area contributed by atoms with Crippen molar-refractivity contribution in [1.29, 1.82) is 0 Å². The number of anilines is 2. The Hall–Kier alpha value is -2.99. The Kier molecular flexibility index (Phi) is 3.59. The van der Waals surface area contributed by atoms with Crippen LogP contribution in [0, 0.1) is 5.82 Å². The maximum Gasteiger partial charge on any atom is 0.345 e. The van der Waals surface area contributed by atoms with E-state index in [0.29, 0.717) is 27.7 Å². The third-order valence-corrected chi connectivity index (χ3v) is 4.29. The van der Waals surface area contributed by atoms with E-state index in [-0.39, 0.29) is 5.82 Å². The Morgan fingerprint density at radius 3 is 2.75 bits per heavy atom. The highest BCUT2D eigenvalue weighted by Crippen LogP contribution is 2.28. The van der Waals surface area contributed by atoms with Crippen LogP contribution in [0.1, 0.15) is 0 Å². The molecule has 0 unspecified atom stereocenters. The monoisotopic (exact) mass is 338 g/mol. The van der Waals surface area contributed by atoms with Crippen molar-refractivity contribution >= 4 is 33.1 Å². The number of thiazole rings is 1. The minimum Gasteiger partial charge on any atom is -0.422 e. The maximum atomic E-state index is 13.7. The lowest BCUT2D eigenvalue weighted by Gasteiger charge is -2.03. The van der Waals surface area contributed by atoms with Gasteiger partial charge in [0.15, 0.2) is 5.13 Å². The summed E-state index contributed by atoms with van der Waals surface area (Å²) in [5.41, 5.74) is 1.30. The third kappa shape index (κ3) is 2.68. The molecule has 6 heteroatoms. The molecule has 0 bridgehead atoms. The number of hydrogen-bond acceptors (Lipinski definition) is 5. The number of rotatable bonds is 3. The Labute approximate surface area is 140 Å². The molecule has 1 N–H and O–H groups in total. The molecule has 0 saturated heterocycles. The first kappa shape index (κ1) is 14.6. The molecule has 0 aliphatic rings. The summed E-state index contributed by atoms with van der Waals surface area (Å²) < 4.78 is 19.0. The molecule has 118 valence electrons. The van der Waals surface area contributed by atoms with Crippen LogP contribution in [0.3, 0.4) is 0 Å². The van der Waals surface area contributed by atoms with Crippen molar-refractivity contribution in [2.75, 3.05) is 5.32 Å². The van der Waals surface area contributed by atoms with Gasteiger partial charge in [-0.15, -0.1) is 11.3 Å². The Balaban J connectivity index is 1.71. The van der Waals surface area contributed by atoms with E-state index in [1.165, 1.54) is 17.4 Å². The van der Waals surface area contributed by atoms with Crippen LogP contribution >= 0.6 is 11.3 Å². The van der Waals surface area contributed by atoms with E-state index < -0.39 is 5.63 Å². The van der Waals surface area contributed by atoms with Gasteiger partial charge >= 0.3 is 5.63 Å². The molecule has 0 aliphatic heterocycles.